The SMILES string of the molecule is O=C(NNS(=O)(=O)c1cccc([N+](=O)[O-])c1)c1ccccc1Cl. The summed E-state index contributed by atoms with van der Waals surface area (Å²) >= 11 is 5.83. The van der Waals surface area contributed by atoms with Crippen LogP contribution in [0.2, 0.25) is 5.02 Å². The number of nitro groups is 1. The van der Waals surface area contributed by atoms with Crippen LogP contribution in [0, 0.1) is 10.1 Å². The summed E-state index contributed by atoms with van der Waals surface area (Å²) in [5.41, 5.74) is 1.69. The molecule has 0 saturated carbocycles. The van der Waals surface area contributed by atoms with E-state index in [1.165, 1.54) is 18.2 Å². The Kier molecular flexibility index (Phi) is 4.94. The number of amides is 1. The van der Waals surface area contributed by atoms with E-state index in [1.807, 2.05) is 10.3 Å². The summed E-state index contributed by atoms with van der Waals surface area (Å²) < 4.78 is 24.1. The van der Waals surface area contributed by atoms with Crippen LogP contribution in [0.5, 0.6) is 0 Å². The Balaban J connectivity index is 2.16. The number of sulfonamides is 1. The summed E-state index contributed by atoms with van der Waals surface area (Å²) in [6, 6.07) is 10.5. The summed E-state index contributed by atoms with van der Waals surface area (Å²) in [4.78, 5) is 23.3. The number of hydrogen-bond donors (Lipinski definition) is 2. The van der Waals surface area contributed by atoms with Crippen LogP contribution in [0.15, 0.2) is 53.4 Å². The van der Waals surface area contributed by atoms with Crippen molar-refractivity contribution in [2.24, 2.45) is 0 Å². The van der Waals surface area contributed by atoms with E-state index in [4.69, 9.17) is 11.6 Å². The quantitative estimate of drug-likeness (QED) is 0.627. The van der Waals surface area contributed by atoms with Crippen LogP contribution in [-0.4, -0.2) is 19.2 Å². The zero-order chi connectivity index (χ0) is 17.0. The molecule has 2 aromatic carbocycles. The molecular formula is C13H10ClN3O5S. The predicted octanol–water partition coefficient (Wildman–Crippen LogP) is 1.87. The summed E-state index contributed by atoms with van der Waals surface area (Å²) in [5.74, 6) is -0.760. The molecule has 0 saturated heterocycles. The maximum absolute atomic E-state index is 12.0. The number of nitrogens with zero attached hydrogens (tertiary/aromatic N) is 1. The van der Waals surface area contributed by atoms with E-state index in [9.17, 15) is 23.3 Å². The van der Waals surface area contributed by atoms with Crippen LogP contribution in [0.25, 0.3) is 0 Å². The molecule has 0 aliphatic rings. The van der Waals surface area contributed by atoms with Crippen LogP contribution in [0.3, 0.4) is 0 Å². The van der Waals surface area contributed by atoms with Gasteiger partial charge in [0, 0.05) is 12.1 Å². The third-order valence-electron chi connectivity index (χ3n) is 2.76. The van der Waals surface area contributed by atoms with Crippen molar-refractivity contribution in [1.82, 2.24) is 10.3 Å². The van der Waals surface area contributed by atoms with Crippen molar-refractivity contribution in [3.05, 3.63) is 69.2 Å². The number of benzene rings is 2. The van der Waals surface area contributed by atoms with Gasteiger partial charge in [-0.05, 0) is 18.2 Å². The first-order valence-electron chi connectivity index (χ1n) is 6.12. The Labute approximate surface area is 136 Å². The molecule has 120 valence electrons. The van der Waals surface area contributed by atoms with Crippen LogP contribution in [0.4, 0.5) is 5.69 Å². The first-order valence-corrected chi connectivity index (χ1v) is 7.98. The topological polar surface area (TPSA) is 118 Å². The third kappa shape index (κ3) is 4.03. The number of rotatable bonds is 5. The van der Waals surface area contributed by atoms with Gasteiger partial charge in [-0.2, -0.15) is 0 Å². The molecule has 2 aromatic rings. The fourth-order valence-electron chi connectivity index (χ4n) is 1.65. The molecule has 0 fully saturated rings. The second-order valence-corrected chi connectivity index (χ2v) is 6.38. The molecule has 0 heterocycles. The number of nitro benzene ring substituents is 1. The van der Waals surface area contributed by atoms with Crippen LogP contribution >= 0.6 is 11.6 Å². The molecule has 0 unspecified atom stereocenters. The van der Waals surface area contributed by atoms with Crippen LogP contribution in [0.1, 0.15) is 10.4 Å². The van der Waals surface area contributed by atoms with E-state index < -0.39 is 20.9 Å². The number of non-ortho nitro benzene ring substituents is 1. The van der Waals surface area contributed by atoms with E-state index in [0.29, 0.717) is 0 Å². The number of carbonyl (C=O) groups is 1. The molecule has 10 heteroatoms. The summed E-state index contributed by atoms with van der Waals surface area (Å²) in [7, 11) is -4.16. The Hall–Kier alpha value is -2.49. The summed E-state index contributed by atoms with van der Waals surface area (Å²) in [6.07, 6.45) is 0. The van der Waals surface area contributed by atoms with Gasteiger partial charge in [0.1, 0.15) is 0 Å². The first kappa shape index (κ1) is 16.9. The minimum Gasteiger partial charge on any atom is -0.273 e. The van der Waals surface area contributed by atoms with Gasteiger partial charge in [-0.1, -0.05) is 29.8 Å². The van der Waals surface area contributed by atoms with Crippen molar-refractivity contribution in [3.8, 4) is 0 Å². The zero-order valence-corrected chi connectivity index (χ0v) is 13.0. The summed E-state index contributed by atoms with van der Waals surface area (Å²) in [5, 5.41) is 10.8. The van der Waals surface area contributed by atoms with Gasteiger partial charge in [-0.15, -0.1) is 4.83 Å². The molecule has 0 aromatic heterocycles. The van der Waals surface area contributed by atoms with Gasteiger partial charge in [0.15, 0.2) is 0 Å². The van der Waals surface area contributed by atoms with Crippen molar-refractivity contribution in [1.29, 1.82) is 0 Å². The maximum Gasteiger partial charge on any atom is 0.270 e. The molecule has 2 N–H and O–H groups in total. The van der Waals surface area contributed by atoms with Gasteiger partial charge >= 0.3 is 0 Å². The number of carbonyl (C=O) groups excluding carboxylic acids is 1. The Morgan fingerprint density at radius 3 is 2.48 bits per heavy atom. The van der Waals surface area contributed by atoms with Gasteiger partial charge in [0.2, 0.25) is 0 Å². The van der Waals surface area contributed by atoms with E-state index in [1.54, 1.807) is 12.1 Å². The zero-order valence-electron chi connectivity index (χ0n) is 11.4. The molecule has 0 radical (unpaired) electrons. The highest BCUT2D eigenvalue weighted by Gasteiger charge is 2.19. The second-order valence-electron chi connectivity index (χ2n) is 4.29. The molecule has 1 amide bonds. The average molecular weight is 356 g/mol. The van der Waals surface area contributed by atoms with E-state index >= 15 is 0 Å². The highest BCUT2D eigenvalue weighted by atomic mass is 35.5. The monoisotopic (exact) mass is 355 g/mol. The van der Waals surface area contributed by atoms with E-state index in [2.05, 4.69) is 0 Å². The number of hydrazine groups is 1. The van der Waals surface area contributed by atoms with Crippen molar-refractivity contribution in [2.75, 3.05) is 0 Å². The van der Waals surface area contributed by atoms with Gasteiger partial charge in [0.05, 0.1) is 20.4 Å². The lowest BCUT2D eigenvalue weighted by molar-refractivity contribution is -0.385. The fraction of sp³-hybridized carbons (Fsp3) is 0. The molecule has 0 aliphatic heterocycles. The molecule has 8 nitrogen and oxygen atoms in total. The molecule has 0 bridgehead atoms. The minimum atomic E-state index is -4.16. The third-order valence-corrected chi connectivity index (χ3v) is 4.33. The first-order chi connectivity index (χ1) is 10.8. The molecule has 0 atom stereocenters. The van der Waals surface area contributed by atoms with Gasteiger partial charge < -0.3 is 0 Å². The molecule has 0 spiro atoms. The lowest BCUT2D eigenvalue weighted by Gasteiger charge is -2.09. The normalized spacial score (nSPS) is 11.0. The van der Waals surface area contributed by atoms with Crippen molar-refractivity contribution in [2.45, 2.75) is 4.90 Å². The Morgan fingerprint density at radius 2 is 1.83 bits per heavy atom. The van der Waals surface area contributed by atoms with Crippen molar-refractivity contribution in [3.63, 3.8) is 0 Å². The molecule has 2 rings (SSSR count). The van der Waals surface area contributed by atoms with Crippen LogP contribution < -0.4 is 10.3 Å². The standard InChI is InChI=1S/C13H10ClN3O5S/c14-12-7-2-1-6-11(12)13(18)15-16-23(21,22)10-5-3-4-9(8-10)17(19)20/h1-8,16H,(H,15,18). The van der Waals surface area contributed by atoms with E-state index in [0.717, 1.165) is 18.2 Å². The second kappa shape index (κ2) is 6.73. The van der Waals surface area contributed by atoms with Gasteiger partial charge in [-0.3, -0.25) is 20.3 Å². The molecule has 0 aliphatic carbocycles. The lowest BCUT2D eigenvalue weighted by Crippen LogP contribution is -2.41. The van der Waals surface area contributed by atoms with Gasteiger partial charge in [0.25, 0.3) is 21.6 Å². The number of nitrogens with one attached hydrogen (secondary N) is 2. The van der Waals surface area contributed by atoms with Crippen molar-refractivity contribution < 1.29 is 18.1 Å². The maximum atomic E-state index is 12.0. The number of halogens is 1. The molecular weight excluding hydrogens is 346 g/mol. The van der Waals surface area contributed by atoms with Crippen LogP contribution in [-0.2, 0) is 10.0 Å². The van der Waals surface area contributed by atoms with Crippen molar-refractivity contribution >= 4 is 33.2 Å². The van der Waals surface area contributed by atoms with Gasteiger partial charge in [-0.25, -0.2) is 8.42 Å². The average Bonchev–Trinajstić information content (AvgIpc) is 2.53. The highest BCUT2D eigenvalue weighted by molar-refractivity contribution is 7.89. The largest absolute Gasteiger partial charge is 0.273 e. The number of hydrogen-bond acceptors (Lipinski definition) is 5. The Morgan fingerprint density at radius 1 is 1.13 bits per heavy atom. The van der Waals surface area contributed by atoms with E-state index in [-0.39, 0.29) is 21.2 Å². The lowest BCUT2D eigenvalue weighted by atomic mass is 10.2. The smallest absolute Gasteiger partial charge is 0.270 e. The fourth-order valence-corrected chi connectivity index (χ4v) is 2.75. The highest BCUT2D eigenvalue weighted by Crippen LogP contribution is 2.17. The molecule has 23 heavy (non-hydrogen) atoms. The predicted molar refractivity (Wildman–Crippen MR) is 82.3 cm³/mol. The minimum absolute atomic E-state index is 0.0795. The Bertz CT molecular complexity index is 869. The summed E-state index contributed by atoms with van der Waals surface area (Å²) in [6.45, 7) is 0.